The van der Waals surface area contributed by atoms with Crippen LogP contribution in [0.2, 0.25) is 0 Å². The van der Waals surface area contributed by atoms with E-state index in [1.54, 1.807) is 14.2 Å². The third kappa shape index (κ3) is 5.73. The molecule has 10 heteroatoms. The fourth-order valence-corrected chi connectivity index (χ4v) is 4.91. The minimum atomic E-state index is -4.25. The quantitative estimate of drug-likeness (QED) is 0.423. The number of hydrogen-bond donors (Lipinski definition) is 1. The third-order valence-corrected chi connectivity index (χ3v) is 6.98. The van der Waals surface area contributed by atoms with Gasteiger partial charge in [0.1, 0.15) is 10.7 Å². The number of nitrogens with zero attached hydrogens (tertiary/aromatic N) is 1. The molecule has 6 nitrogen and oxygen atoms in total. The summed E-state index contributed by atoms with van der Waals surface area (Å²) in [6.07, 6.45) is 3.08. The predicted molar refractivity (Wildman–Crippen MR) is 114 cm³/mol. The van der Waals surface area contributed by atoms with Crippen molar-refractivity contribution in [2.75, 3.05) is 33.9 Å². The van der Waals surface area contributed by atoms with E-state index in [4.69, 9.17) is 9.47 Å². The number of benzene rings is 2. The highest BCUT2D eigenvalue weighted by molar-refractivity contribution is 7.89. The summed E-state index contributed by atoms with van der Waals surface area (Å²) in [5.41, 5.74) is 2.45. The Morgan fingerprint density at radius 1 is 0.906 bits per heavy atom. The fourth-order valence-electron chi connectivity index (χ4n) is 3.76. The van der Waals surface area contributed by atoms with Crippen LogP contribution in [0.5, 0.6) is 11.5 Å². The zero-order chi connectivity index (χ0) is 23.3. The van der Waals surface area contributed by atoms with Crippen molar-refractivity contribution in [3.05, 3.63) is 52.8 Å². The van der Waals surface area contributed by atoms with Gasteiger partial charge >= 0.3 is 0 Å². The van der Waals surface area contributed by atoms with Crippen LogP contribution in [0.15, 0.2) is 29.2 Å². The lowest BCUT2D eigenvalue weighted by Gasteiger charge is -2.29. The highest BCUT2D eigenvalue weighted by atomic mass is 32.2. The first-order valence-electron chi connectivity index (χ1n) is 10.4. The number of unbranched alkanes of at least 4 members (excludes halogenated alkanes) is 2. The molecular formula is C22H27F3N2O4S. The Labute approximate surface area is 186 Å². The van der Waals surface area contributed by atoms with Crippen molar-refractivity contribution < 1.29 is 31.1 Å². The summed E-state index contributed by atoms with van der Waals surface area (Å²) < 4.78 is 77.3. The van der Waals surface area contributed by atoms with Gasteiger partial charge in [-0.25, -0.2) is 26.3 Å². The van der Waals surface area contributed by atoms with Crippen LogP contribution < -0.4 is 14.2 Å². The molecule has 0 bridgehead atoms. The second kappa shape index (κ2) is 10.5. The van der Waals surface area contributed by atoms with Gasteiger partial charge in [-0.2, -0.15) is 0 Å². The molecule has 3 rings (SSSR count). The van der Waals surface area contributed by atoms with Crippen molar-refractivity contribution in [1.82, 2.24) is 9.62 Å². The Balaban J connectivity index is 1.43. The van der Waals surface area contributed by atoms with E-state index in [9.17, 15) is 21.6 Å². The molecule has 2 aromatic rings. The number of methoxy groups -OCH3 is 2. The van der Waals surface area contributed by atoms with Crippen molar-refractivity contribution in [3.8, 4) is 11.5 Å². The molecule has 2 aromatic carbocycles. The number of fused-ring (bicyclic) bond motifs is 1. The lowest BCUT2D eigenvalue weighted by Crippen LogP contribution is -2.31. The smallest absolute Gasteiger partial charge is 0.243 e. The van der Waals surface area contributed by atoms with Gasteiger partial charge < -0.3 is 9.47 Å². The number of ether oxygens (including phenoxy) is 2. The monoisotopic (exact) mass is 472 g/mol. The molecule has 0 saturated carbocycles. The Hall–Kier alpha value is -2.30. The Morgan fingerprint density at radius 2 is 1.56 bits per heavy atom. The van der Waals surface area contributed by atoms with E-state index in [2.05, 4.69) is 9.62 Å². The Bertz CT molecular complexity index is 1060. The minimum Gasteiger partial charge on any atom is -0.493 e. The molecule has 32 heavy (non-hydrogen) atoms. The molecule has 0 spiro atoms. The maximum Gasteiger partial charge on any atom is 0.243 e. The fraction of sp³-hybridized carbons (Fsp3) is 0.455. The lowest BCUT2D eigenvalue weighted by atomic mass is 9.98. The van der Waals surface area contributed by atoms with Crippen LogP contribution in [0.1, 0.15) is 30.4 Å². The highest BCUT2D eigenvalue weighted by Gasteiger charge is 2.22. The molecule has 0 fully saturated rings. The number of sulfonamides is 1. The van der Waals surface area contributed by atoms with Crippen LogP contribution in [0.4, 0.5) is 13.2 Å². The van der Waals surface area contributed by atoms with Gasteiger partial charge in [0, 0.05) is 25.7 Å². The van der Waals surface area contributed by atoms with Gasteiger partial charge in [-0.05, 0) is 55.1 Å². The summed E-state index contributed by atoms with van der Waals surface area (Å²) in [5.74, 6) is -2.73. The van der Waals surface area contributed by atoms with E-state index in [-0.39, 0.29) is 12.6 Å². The molecule has 0 radical (unpaired) electrons. The normalized spacial score (nSPS) is 14.3. The maximum absolute atomic E-state index is 13.7. The average molecular weight is 473 g/mol. The van der Waals surface area contributed by atoms with Gasteiger partial charge in [-0.3, -0.25) is 4.90 Å². The average Bonchev–Trinajstić information content (AvgIpc) is 2.77. The lowest BCUT2D eigenvalue weighted by molar-refractivity contribution is 0.247. The van der Waals surface area contributed by atoms with E-state index < -0.39 is 32.4 Å². The maximum atomic E-state index is 13.7. The number of rotatable bonds is 10. The molecule has 0 aromatic heterocycles. The molecule has 0 atom stereocenters. The van der Waals surface area contributed by atoms with Gasteiger partial charge in [0.05, 0.1) is 14.2 Å². The Kier molecular flexibility index (Phi) is 8.02. The van der Waals surface area contributed by atoms with Gasteiger partial charge in [0.15, 0.2) is 23.1 Å². The molecule has 0 amide bonds. The second-order valence-corrected chi connectivity index (χ2v) is 9.39. The molecule has 0 aliphatic carbocycles. The van der Waals surface area contributed by atoms with E-state index in [1.807, 2.05) is 12.1 Å². The van der Waals surface area contributed by atoms with Gasteiger partial charge in [-0.15, -0.1) is 0 Å². The Morgan fingerprint density at radius 3 is 2.25 bits per heavy atom. The number of hydrogen-bond acceptors (Lipinski definition) is 5. The molecule has 1 aliphatic rings. The van der Waals surface area contributed by atoms with E-state index in [0.717, 1.165) is 44.6 Å². The van der Waals surface area contributed by atoms with E-state index in [1.165, 1.54) is 11.1 Å². The summed E-state index contributed by atoms with van der Waals surface area (Å²) in [6.45, 7) is 2.67. The van der Waals surface area contributed by atoms with Crippen LogP contribution in [0.25, 0.3) is 0 Å². The highest BCUT2D eigenvalue weighted by Crippen LogP contribution is 2.33. The summed E-state index contributed by atoms with van der Waals surface area (Å²) in [7, 11) is -1.02. The first-order valence-corrected chi connectivity index (χ1v) is 11.8. The summed E-state index contributed by atoms with van der Waals surface area (Å²) in [5, 5.41) is 0. The topological polar surface area (TPSA) is 67.9 Å². The van der Waals surface area contributed by atoms with Gasteiger partial charge in [0.25, 0.3) is 0 Å². The zero-order valence-electron chi connectivity index (χ0n) is 18.1. The van der Waals surface area contributed by atoms with Crippen LogP contribution >= 0.6 is 0 Å². The molecule has 0 unspecified atom stereocenters. The van der Waals surface area contributed by atoms with Crippen LogP contribution in [-0.2, 0) is 23.0 Å². The van der Waals surface area contributed by atoms with Crippen LogP contribution in [0, 0.1) is 17.5 Å². The summed E-state index contributed by atoms with van der Waals surface area (Å²) >= 11 is 0. The van der Waals surface area contributed by atoms with Gasteiger partial charge in [-0.1, -0.05) is 6.42 Å². The molecular weight excluding hydrogens is 445 g/mol. The first kappa shape index (κ1) is 24.3. The van der Waals surface area contributed by atoms with Crippen molar-refractivity contribution in [3.63, 3.8) is 0 Å². The summed E-state index contributed by atoms with van der Waals surface area (Å²) in [6, 6.07) is 4.61. The molecule has 1 N–H and O–H groups in total. The number of halogens is 3. The van der Waals surface area contributed by atoms with Crippen molar-refractivity contribution in [2.45, 2.75) is 37.1 Å². The predicted octanol–water partition coefficient (Wildman–Crippen LogP) is 3.63. The second-order valence-electron chi connectivity index (χ2n) is 7.66. The van der Waals surface area contributed by atoms with Gasteiger partial charge in [0.2, 0.25) is 10.0 Å². The standard InChI is InChI=1S/C22H27F3N2O4S/c1-30-20-10-15-6-9-27(14-16(15)11-21(20)31-2)8-5-3-4-7-26-32(28,29)22-13-18(24)17(23)12-19(22)25/h10-13,26H,3-9,14H2,1-2H3. The first-order chi connectivity index (χ1) is 15.2. The van der Waals surface area contributed by atoms with Crippen molar-refractivity contribution >= 4 is 10.0 Å². The van der Waals surface area contributed by atoms with Crippen molar-refractivity contribution in [2.24, 2.45) is 0 Å². The van der Waals surface area contributed by atoms with Crippen LogP contribution in [0.3, 0.4) is 0 Å². The molecule has 1 heterocycles. The van der Waals surface area contributed by atoms with E-state index >= 15 is 0 Å². The SMILES string of the molecule is COc1cc2c(cc1OC)CN(CCCCCNS(=O)(=O)c1cc(F)c(F)cc1F)CC2. The van der Waals surface area contributed by atoms with E-state index in [0.29, 0.717) is 18.2 Å². The van der Waals surface area contributed by atoms with Crippen molar-refractivity contribution in [1.29, 1.82) is 0 Å². The minimum absolute atomic E-state index is 0.0839. The third-order valence-electron chi connectivity index (χ3n) is 5.50. The zero-order valence-corrected chi connectivity index (χ0v) is 18.9. The molecule has 176 valence electrons. The largest absolute Gasteiger partial charge is 0.493 e. The molecule has 0 saturated heterocycles. The molecule has 1 aliphatic heterocycles. The number of nitrogens with one attached hydrogen (secondary N) is 1. The van der Waals surface area contributed by atoms with Crippen LogP contribution in [-0.4, -0.2) is 47.2 Å². The summed E-state index contributed by atoms with van der Waals surface area (Å²) in [4.78, 5) is 1.44.